The Kier molecular flexibility index (Phi) is 10.1. The van der Waals surface area contributed by atoms with Crippen molar-refractivity contribution in [3.05, 3.63) is 12.2 Å². The number of amides is 2. The molecule has 0 aromatic heterocycles. The van der Waals surface area contributed by atoms with E-state index in [-0.39, 0.29) is 31.3 Å². The number of alkyl halides is 3. The van der Waals surface area contributed by atoms with E-state index in [0.29, 0.717) is 38.6 Å². The van der Waals surface area contributed by atoms with E-state index >= 15 is 0 Å². The smallest absolute Gasteiger partial charge is 0.471 e. The van der Waals surface area contributed by atoms with E-state index in [1.807, 2.05) is 6.08 Å². The molecule has 0 aromatic rings. The predicted molar refractivity (Wildman–Crippen MR) is 116 cm³/mol. The third-order valence-electron chi connectivity index (χ3n) is 6.02. The molecule has 2 rings (SSSR count). The number of aliphatic hydroxyl groups excluding tert-OH is 1. The minimum atomic E-state index is -5.14. The van der Waals surface area contributed by atoms with E-state index in [0.717, 1.165) is 0 Å². The summed E-state index contributed by atoms with van der Waals surface area (Å²) in [5.74, 6) is -4.98. The fraction of sp³-hybridized carbons (Fsp3) is 0.727. The Labute approximate surface area is 200 Å². The molecule has 1 saturated heterocycles. The molecule has 1 heterocycles. The fourth-order valence-electron chi connectivity index (χ4n) is 3.98. The topological polar surface area (TPSA) is 154 Å². The van der Waals surface area contributed by atoms with Crippen LogP contribution in [0.15, 0.2) is 12.2 Å². The number of ether oxygens (including phenoxy) is 1. The van der Waals surface area contributed by atoms with Crippen molar-refractivity contribution in [1.29, 1.82) is 0 Å². The van der Waals surface area contributed by atoms with Crippen LogP contribution in [0.1, 0.15) is 51.9 Å². The van der Waals surface area contributed by atoms with E-state index in [1.54, 1.807) is 13.0 Å². The Morgan fingerprint density at radius 3 is 2.51 bits per heavy atom. The zero-order chi connectivity index (χ0) is 26.2. The van der Waals surface area contributed by atoms with Gasteiger partial charge in [0.15, 0.2) is 0 Å². The number of carbonyl (C=O) groups is 4. The maximum atomic E-state index is 12.5. The van der Waals surface area contributed by atoms with Crippen LogP contribution < -0.4 is 16.0 Å². The molecule has 2 aliphatic rings. The van der Waals surface area contributed by atoms with Crippen LogP contribution in [-0.4, -0.2) is 77.0 Å². The van der Waals surface area contributed by atoms with Crippen molar-refractivity contribution in [2.24, 2.45) is 5.92 Å². The van der Waals surface area contributed by atoms with Crippen LogP contribution in [0.3, 0.4) is 0 Å². The number of rotatable bonds is 13. The summed E-state index contributed by atoms with van der Waals surface area (Å²) >= 11 is 0. The number of carbonyl (C=O) groups excluding carboxylic acids is 3. The number of carboxylic acids is 1. The molecule has 198 valence electrons. The molecule has 0 unspecified atom stereocenters. The monoisotopic (exact) mass is 507 g/mol. The first kappa shape index (κ1) is 28.6. The number of carboxylic acid groups (broad SMARTS) is 1. The standard InChI is InChI=1S/C22H32F3N3O7/c1-2-35-20(34)21(28-17(30)16-10-14(29)12-26-16)11-13(21)8-6-4-3-5-7-9-15(18(31)32)27-19(33)22(23,24)25/h6,8,13-16,26,29H,2-5,7,9-12H2,1H3,(H,27,33)(H,28,30)(H,31,32)/b8-6-/t13-,14-,15+,16+,21-/m1/s1. The number of hydrogen-bond acceptors (Lipinski definition) is 7. The summed E-state index contributed by atoms with van der Waals surface area (Å²) in [6.45, 7) is 2.13. The first-order valence-electron chi connectivity index (χ1n) is 11.6. The third kappa shape index (κ3) is 8.20. The van der Waals surface area contributed by atoms with Crippen LogP contribution in [0.4, 0.5) is 13.2 Å². The van der Waals surface area contributed by atoms with Crippen LogP contribution in [0.2, 0.25) is 0 Å². The molecule has 0 bridgehead atoms. The van der Waals surface area contributed by atoms with Crippen LogP contribution in [0.5, 0.6) is 0 Å². The quantitative estimate of drug-likeness (QED) is 0.139. The van der Waals surface area contributed by atoms with Gasteiger partial charge in [0, 0.05) is 12.5 Å². The van der Waals surface area contributed by atoms with Gasteiger partial charge in [-0.15, -0.1) is 0 Å². The fourth-order valence-corrected chi connectivity index (χ4v) is 3.98. The Balaban J connectivity index is 1.77. The van der Waals surface area contributed by atoms with Gasteiger partial charge in [-0.3, -0.25) is 9.59 Å². The highest BCUT2D eigenvalue weighted by Crippen LogP contribution is 2.46. The average Bonchev–Trinajstić information content (AvgIpc) is 3.28. The number of aliphatic hydroxyl groups is 1. The van der Waals surface area contributed by atoms with Gasteiger partial charge in [0.25, 0.3) is 0 Å². The molecule has 0 radical (unpaired) electrons. The van der Waals surface area contributed by atoms with E-state index in [2.05, 4.69) is 10.6 Å². The van der Waals surface area contributed by atoms with Crippen molar-refractivity contribution in [1.82, 2.24) is 16.0 Å². The minimum Gasteiger partial charge on any atom is -0.480 e. The lowest BCUT2D eigenvalue weighted by atomic mass is 10.1. The van der Waals surface area contributed by atoms with Gasteiger partial charge in [-0.2, -0.15) is 13.2 Å². The molecule has 10 nitrogen and oxygen atoms in total. The Morgan fingerprint density at radius 2 is 1.94 bits per heavy atom. The molecule has 35 heavy (non-hydrogen) atoms. The summed E-state index contributed by atoms with van der Waals surface area (Å²) in [5, 5.41) is 25.7. The van der Waals surface area contributed by atoms with Crippen molar-refractivity contribution < 1.29 is 47.3 Å². The average molecular weight is 508 g/mol. The highest BCUT2D eigenvalue weighted by Gasteiger charge is 2.61. The maximum absolute atomic E-state index is 12.5. The van der Waals surface area contributed by atoms with Gasteiger partial charge < -0.3 is 30.9 Å². The highest BCUT2D eigenvalue weighted by atomic mass is 19.4. The van der Waals surface area contributed by atoms with Gasteiger partial charge in [-0.1, -0.05) is 25.0 Å². The molecule has 2 amide bonds. The van der Waals surface area contributed by atoms with Crippen molar-refractivity contribution >= 4 is 23.8 Å². The molecule has 13 heteroatoms. The van der Waals surface area contributed by atoms with Crippen LogP contribution in [-0.2, 0) is 23.9 Å². The van der Waals surface area contributed by atoms with Crippen molar-refractivity contribution in [3.63, 3.8) is 0 Å². The normalized spacial score (nSPS) is 26.8. The van der Waals surface area contributed by atoms with Crippen LogP contribution >= 0.6 is 0 Å². The van der Waals surface area contributed by atoms with Crippen molar-refractivity contribution in [2.75, 3.05) is 13.2 Å². The van der Waals surface area contributed by atoms with Crippen LogP contribution in [0, 0.1) is 5.92 Å². The van der Waals surface area contributed by atoms with Gasteiger partial charge in [-0.25, -0.2) is 9.59 Å². The number of hydrogen-bond donors (Lipinski definition) is 5. The van der Waals surface area contributed by atoms with Crippen molar-refractivity contribution in [3.8, 4) is 0 Å². The van der Waals surface area contributed by atoms with E-state index < -0.39 is 47.7 Å². The number of esters is 1. The molecule has 1 saturated carbocycles. The van der Waals surface area contributed by atoms with E-state index in [1.165, 1.54) is 5.32 Å². The lowest BCUT2D eigenvalue weighted by Crippen LogP contribution is -2.51. The molecular weight excluding hydrogens is 475 g/mol. The molecule has 5 N–H and O–H groups in total. The summed E-state index contributed by atoms with van der Waals surface area (Å²) in [6.07, 6.45) is 0.387. The van der Waals surface area contributed by atoms with Gasteiger partial charge in [0.1, 0.15) is 11.6 Å². The summed E-state index contributed by atoms with van der Waals surface area (Å²) in [7, 11) is 0. The second-order valence-corrected chi connectivity index (χ2v) is 8.77. The van der Waals surface area contributed by atoms with Gasteiger partial charge in [0.2, 0.25) is 5.91 Å². The summed E-state index contributed by atoms with van der Waals surface area (Å²) < 4.78 is 42.0. The van der Waals surface area contributed by atoms with Gasteiger partial charge in [-0.05, 0) is 39.0 Å². The number of aliphatic carboxylic acids is 1. The Bertz CT molecular complexity index is 821. The number of unbranched alkanes of at least 4 members (excludes halogenated alkanes) is 3. The first-order valence-corrected chi connectivity index (χ1v) is 11.6. The minimum absolute atomic E-state index is 0.134. The molecule has 0 aromatic carbocycles. The summed E-state index contributed by atoms with van der Waals surface area (Å²) in [6, 6.07) is -2.20. The summed E-state index contributed by atoms with van der Waals surface area (Å²) in [4.78, 5) is 47.0. The third-order valence-corrected chi connectivity index (χ3v) is 6.02. The highest BCUT2D eigenvalue weighted by molar-refractivity contribution is 5.93. The Morgan fingerprint density at radius 1 is 1.23 bits per heavy atom. The molecule has 2 fully saturated rings. The summed E-state index contributed by atoms with van der Waals surface area (Å²) in [5.41, 5.74) is -1.15. The predicted octanol–water partition coefficient (Wildman–Crippen LogP) is 0.786. The number of halogens is 3. The van der Waals surface area contributed by atoms with E-state index in [9.17, 15) is 37.5 Å². The molecule has 1 aliphatic heterocycles. The molecule has 1 aliphatic carbocycles. The van der Waals surface area contributed by atoms with Gasteiger partial charge in [0.05, 0.1) is 18.8 Å². The lowest BCUT2D eigenvalue weighted by Gasteiger charge is -2.20. The lowest BCUT2D eigenvalue weighted by molar-refractivity contribution is -0.175. The second-order valence-electron chi connectivity index (χ2n) is 8.77. The zero-order valence-electron chi connectivity index (χ0n) is 19.4. The van der Waals surface area contributed by atoms with Gasteiger partial charge >= 0.3 is 24.0 Å². The number of nitrogens with one attached hydrogen (secondary N) is 3. The van der Waals surface area contributed by atoms with Crippen molar-refractivity contribution in [2.45, 2.75) is 81.8 Å². The first-order chi connectivity index (χ1) is 16.4. The molecular formula is C22H32F3N3O7. The maximum Gasteiger partial charge on any atom is 0.471 e. The number of allylic oxidation sites excluding steroid dienone is 1. The van der Waals surface area contributed by atoms with Crippen LogP contribution in [0.25, 0.3) is 0 Å². The van der Waals surface area contributed by atoms with E-state index in [4.69, 9.17) is 9.84 Å². The Hall–Kier alpha value is -2.67. The second kappa shape index (κ2) is 12.3. The number of β-amino-alcohol motifs (C(OH)–C–C–N with tert-alkyl or cyclic N) is 1. The largest absolute Gasteiger partial charge is 0.480 e. The zero-order valence-corrected chi connectivity index (χ0v) is 19.4. The molecule has 5 atom stereocenters. The molecule has 0 spiro atoms. The SMILES string of the molecule is CCOC(=O)[C@@]1(NC(=O)[C@@H]2C[C@@H](O)CN2)C[C@H]1/C=C\CCCCC[C@H](NC(=O)C(F)(F)F)C(=O)O.